The normalized spacial score (nSPS) is 17.5. The molecule has 5 nitrogen and oxygen atoms in total. The summed E-state index contributed by atoms with van der Waals surface area (Å²) in [6, 6.07) is 4.13. The van der Waals surface area contributed by atoms with E-state index in [0.29, 0.717) is 38.8 Å². The lowest BCUT2D eigenvalue weighted by atomic mass is 10.1. The molecule has 1 amide bonds. The van der Waals surface area contributed by atoms with Gasteiger partial charge in [0.15, 0.2) is 0 Å². The highest BCUT2D eigenvalue weighted by Gasteiger charge is 2.27. The maximum absolute atomic E-state index is 12.0. The van der Waals surface area contributed by atoms with Gasteiger partial charge in [-0.2, -0.15) is 0 Å². The predicted molar refractivity (Wildman–Crippen MR) is 89.5 cm³/mol. The summed E-state index contributed by atoms with van der Waals surface area (Å²) >= 11 is 1.67. The van der Waals surface area contributed by atoms with Gasteiger partial charge in [0.2, 0.25) is 15.9 Å². The van der Waals surface area contributed by atoms with Gasteiger partial charge < -0.3 is 5.32 Å². The summed E-state index contributed by atoms with van der Waals surface area (Å²) in [5, 5.41) is 5.04. The van der Waals surface area contributed by atoms with E-state index in [2.05, 4.69) is 5.32 Å². The van der Waals surface area contributed by atoms with E-state index in [1.807, 2.05) is 24.4 Å². The first kappa shape index (κ1) is 17.4. The molecule has 124 valence electrons. The lowest BCUT2D eigenvalue weighted by Gasteiger charge is -2.31. The number of thiophene rings is 1. The number of hydrogen-bond acceptors (Lipinski definition) is 4. The van der Waals surface area contributed by atoms with Crippen LogP contribution in [0.15, 0.2) is 17.5 Å². The smallest absolute Gasteiger partial charge is 0.220 e. The molecule has 0 unspecified atom stereocenters. The average molecular weight is 345 g/mol. The van der Waals surface area contributed by atoms with Gasteiger partial charge in [-0.3, -0.25) is 4.79 Å². The van der Waals surface area contributed by atoms with Gasteiger partial charge in [-0.25, -0.2) is 12.7 Å². The third-order valence-corrected chi connectivity index (χ3v) is 6.87. The fraction of sp³-hybridized carbons (Fsp3) is 0.667. The highest BCUT2D eigenvalue weighted by molar-refractivity contribution is 7.89. The predicted octanol–water partition coefficient (Wildman–Crippen LogP) is 2.00. The van der Waals surface area contributed by atoms with Crippen LogP contribution in [0.2, 0.25) is 0 Å². The molecule has 1 aromatic rings. The first-order valence-corrected chi connectivity index (χ1v) is 10.3. The Morgan fingerprint density at radius 2 is 2.14 bits per heavy atom. The Labute approximate surface area is 136 Å². The van der Waals surface area contributed by atoms with Crippen LogP contribution in [0.5, 0.6) is 0 Å². The number of aryl methyl sites for hydroxylation is 1. The number of piperidine rings is 1. The Morgan fingerprint density at radius 1 is 1.41 bits per heavy atom. The summed E-state index contributed by atoms with van der Waals surface area (Å²) in [6.07, 6.45) is 3.31. The zero-order valence-corrected chi connectivity index (χ0v) is 14.6. The van der Waals surface area contributed by atoms with Crippen molar-refractivity contribution in [3.63, 3.8) is 0 Å². The minimum Gasteiger partial charge on any atom is -0.353 e. The molecule has 22 heavy (non-hydrogen) atoms. The molecule has 0 bridgehead atoms. The van der Waals surface area contributed by atoms with Crippen molar-refractivity contribution in [2.24, 2.45) is 0 Å². The number of hydrogen-bond donors (Lipinski definition) is 1. The van der Waals surface area contributed by atoms with Gasteiger partial charge in [0.1, 0.15) is 0 Å². The third kappa shape index (κ3) is 5.07. The molecule has 2 heterocycles. The lowest BCUT2D eigenvalue weighted by Crippen LogP contribution is -2.47. The van der Waals surface area contributed by atoms with Crippen molar-refractivity contribution in [2.75, 3.05) is 18.8 Å². The number of sulfonamides is 1. The van der Waals surface area contributed by atoms with Gasteiger partial charge in [-0.1, -0.05) is 13.0 Å². The molecule has 1 saturated heterocycles. The third-order valence-electron chi connectivity index (χ3n) is 3.85. The largest absolute Gasteiger partial charge is 0.353 e. The van der Waals surface area contributed by atoms with E-state index < -0.39 is 10.0 Å². The van der Waals surface area contributed by atoms with Crippen molar-refractivity contribution in [2.45, 2.75) is 45.1 Å². The molecule has 1 aromatic heterocycles. The summed E-state index contributed by atoms with van der Waals surface area (Å²) in [5.74, 6) is 0.272. The van der Waals surface area contributed by atoms with Crippen LogP contribution in [-0.4, -0.2) is 43.5 Å². The van der Waals surface area contributed by atoms with E-state index in [4.69, 9.17) is 0 Å². The standard InChI is InChI=1S/C15H24N2O3S2/c1-2-12-22(19,20)17-9-7-13(8-10-17)16-15(18)6-5-14-4-3-11-21-14/h3-4,11,13H,2,5-10,12H2,1H3,(H,16,18). The highest BCUT2D eigenvalue weighted by Crippen LogP contribution is 2.16. The van der Waals surface area contributed by atoms with E-state index in [0.717, 1.165) is 6.42 Å². The Morgan fingerprint density at radius 3 is 2.73 bits per heavy atom. The molecule has 0 saturated carbocycles. The van der Waals surface area contributed by atoms with Crippen LogP contribution in [0.25, 0.3) is 0 Å². The second-order valence-corrected chi connectivity index (χ2v) is 8.76. The first-order valence-electron chi connectivity index (χ1n) is 7.81. The number of amides is 1. The van der Waals surface area contributed by atoms with E-state index in [1.54, 1.807) is 15.6 Å². The van der Waals surface area contributed by atoms with Crippen LogP contribution in [0, 0.1) is 0 Å². The zero-order chi connectivity index (χ0) is 16.0. The number of nitrogens with one attached hydrogen (secondary N) is 1. The van der Waals surface area contributed by atoms with E-state index in [-0.39, 0.29) is 17.7 Å². The lowest BCUT2D eigenvalue weighted by molar-refractivity contribution is -0.122. The molecule has 1 fully saturated rings. The maximum Gasteiger partial charge on any atom is 0.220 e. The van der Waals surface area contributed by atoms with Gasteiger partial charge in [-0.05, 0) is 37.1 Å². The molecule has 1 aliphatic heterocycles. The van der Waals surface area contributed by atoms with E-state index in [1.165, 1.54) is 4.88 Å². The minimum absolute atomic E-state index is 0.0586. The number of carbonyl (C=O) groups excluding carboxylic acids is 1. The monoisotopic (exact) mass is 344 g/mol. The number of carbonyl (C=O) groups is 1. The maximum atomic E-state index is 12.0. The molecule has 1 N–H and O–H groups in total. The topological polar surface area (TPSA) is 66.5 Å². The fourth-order valence-electron chi connectivity index (χ4n) is 2.66. The van der Waals surface area contributed by atoms with Crippen molar-refractivity contribution >= 4 is 27.3 Å². The molecule has 0 spiro atoms. The van der Waals surface area contributed by atoms with Crippen molar-refractivity contribution in [1.82, 2.24) is 9.62 Å². The second-order valence-electron chi connectivity index (χ2n) is 5.64. The summed E-state index contributed by atoms with van der Waals surface area (Å²) in [6.45, 7) is 2.90. The van der Waals surface area contributed by atoms with Crippen molar-refractivity contribution in [3.8, 4) is 0 Å². The molecular weight excluding hydrogens is 320 g/mol. The van der Waals surface area contributed by atoms with Crippen LogP contribution in [0.4, 0.5) is 0 Å². The van der Waals surface area contributed by atoms with Crippen molar-refractivity contribution in [1.29, 1.82) is 0 Å². The quantitative estimate of drug-likeness (QED) is 0.823. The molecule has 0 radical (unpaired) electrons. The molecule has 7 heteroatoms. The first-order chi connectivity index (χ1) is 10.5. The van der Waals surface area contributed by atoms with Gasteiger partial charge >= 0.3 is 0 Å². The minimum atomic E-state index is -3.10. The summed E-state index contributed by atoms with van der Waals surface area (Å²) in [5.41, 5.74) is 0. The number of rotatable bonds is 7. The molecule has 0 atom stereocenters. The van der Waals surface area contributed by atoms with Crippen LogP contribution in [-0.2, 0) is 21.2 Å². The Balaban J connectivity index is 1.72. The van der Waals surface area contributed by atoms with Crippen LogP contribution >= 0.6 is 11.3 Å². The van der Waals surface area contributed by atoms with Gasteiger partial charge in [0, 0.05) is 30.4 Å². The second kappa shape index (κ2) is 8.08. The summed E-state index contributed by atoms with van der Waals surface area (Å²) < 4.78 is 25.5. The average Bonchev–Trinajstić information content (AvgIpc) is 2.99. The van der Waals surface area contributed by atoms with Gasteiger partial charge in [0.05, 0.1) is 5.75 Å². The van der Waals surface area contributed by atoms with E-state index >= 15 is 0 Å². The molecule has 0 aliphatic carbocycles. The molecule has 0 aromatic carbocycles. The van der Waals surface area contributed by atoms with Crippen LogP contribution < -0.4 is 5.32 Å². The molecule has 1 aliphatic rings. The highest BCUT2D eigenvalue weighted by atomic mass is 32.2. The van der Waals surface area contributed by atoms with Crippen molar-refractivity contribution in [3.05, 3.63) is 22.4 Å². The van der Waals surface area contributed by atoms with Crippen molar-refractivity contribution < 1.29 is 13.2 Å². The number of nitrogens with zero attached hydrogens (tertiary/aromatic N) is 1. The SMILES string of the molecule is CCCS(=O)(=O)N1CCC(NC(=O)CCc2cccs2)CC1. The Hall–Kier alpha value is -0.920. The summed E-state index contributed by atoms with van der Waals surface area (Å²) in [4.78, 5) is 13.2. The van der Waals surface area contributed by atoms with E-state index in [9.17, 15) is 13.2 Å². The summed E-state index contributed by atoms with van der Waals surface area (Å²) in [7, 11) is -3.10. The van der Waals surface area contributed by atoms with Crippen LogP contribution in [0.1, 0.15) is 37.5 Å². The Kier molecular flexibility index (Phi) is 6.40. The zero-order valence-electron chi connectivity index (χ0n) is 13.0. The molecule has 2 rings (SSSR count). The van der Waals surface area contributed by atoms with Gasteiger partial charge in [0.25, 0.3) is 0 Å². The fourth-order valence-corrected chi connectivity index (χ4v) is 4.91. The van der Waals surface area contributed by atoms with Gasteiger partial charge in [-0.15, -0.1) is 11.3 Å². The molecular formula is C15H24N2O3S2. The Bertz CT molecular complexity index is 562. The van der Waals surface area contributed by atoms with Crippen LogP contribution in [0.3, 0.4) is 0 Å².